The van der Waals surface area contributed by atoms with E-state index in [1.54, 1.807) is 11.1 Å². The van der Waals surface area contributed by atoms with E-state index in [-0.39, 0.29) is 0 Å². The largest absolute Gasteiger partial charge is 0.254 e. The minimum atomic E-state index is 0.675. The Balaban J connectivity index is 1.85. The molecule has 3 aromatic rings. The molecule has 1 aromatic carbocycles. The summed E-state index contributed by atoms with van der Waals surface area (Å²) in [4.78, 5) is 9.91. The first-order valence-electron chi connectivity index (χ1n) is 11.2. The molecule has 2 aromatic heterocycles. The lowest BCUT2D eigenvalue weighted by atomic mass is 9.77. The molecule has 0 aliphatic heterocycles. The fraction of sp³-hybridized carbons (Fsp3) is 0.520. The smallest absolute Gasteiger partial charge is 0.0973 e. The molecule has 2 aliphatic rings. The molecular formula is C25H31N2P. The topological polar surface area (TPSA) is 25.8 Å². The molecule has 0 radical (unpaired) electrons. The minimum absolute atomic E-state index is 0.675. The van der Waals surface area contributed by atoms with Crippen molar-refractivity contribution in [3.63, 3.8) is 0 Å². The van der Waals surface area contributed by atoms with Crippen molar-refractivity contribution < 1.29 is 0 Å². The number of hydrogen-bond acceptors (Lipinski definition) is 2. The predicted molar refractivity (Wildman–Crippen MR) is 123 cm³/mol. The molecule has 0 bridgehead atoms. The monoisotopic (exact) mass is 390 g/mol. The van der Waals surface area contributed by atoms with Crippen molar-refractivity contribution in [2.45, 2.75) is 83.0 Å². The summed E-state index contributed by atoms with van der Waals surface area (Å²) in [6.07, 6.45) is 15.5. The van der Waals surface area contributed by atoms with E-state index in [0.717, 1.165) is 16.7 Å². The summed E-state index contributed by atoms with van der Waals surface area (Å²) in [6.45, 7) is 2.18. The van der Waals surface area contributed by atoms with Crippen LogP contribution in [0.5, 0.6) is 0 Å². The van der Waals surface area contributed by atoms with Gasteiger partial charge >= 0.3 is 0 Å². The van der Waals surface area contributed by atoms with Crippen LogP contribution < -0.4 is 5.30 Å². The first kappa shape index (κ1) is 18.5. The van der Waals surface area contributed by atoms with Crippen molar-refractivity contribution >= 4 is 36.4 Å². The van der Waals surface area contributed by atoms with Crippen molar-refractivity contribution in [2.24, 2.45) is 0 Å². The molecule has 28 heavy (non-hydrogen) atoms. The molecule has 2 heterocycles. The fourth-order valence-electron chi connectivity index (χ4n) is 5.73. The van der Waals surface area contributed by atoms with Gasteiger partial charge in [-0.25, -0.2) is 0 Å². The van der Waals surface area contributed by atoms with Crippen LogP contribution in [0.3, 0.4) is 0 Å². The van der Waals surface area contributed by atoms with E-state index in [9.17, 15) is 0 Å². The van der Waals surface area contributed by atoms with E-state index >= 15 is 0 Å². The van der Waals surface area contributed by atoms with Crippen LogP contribution in [0.1, 0.15) is 92.9 Å². The van der Waals surface area contributed by atoms with Gasteiger partial charge in [-0.3, -0.25) is 9.97 Å². The van der Waals surface area contributed by atoms with Crippen LogP contribution in [0.4, 0.5) is 0 Å². The number of benzene rings is 1. The number of aromatic nitrogens is 2. The number of rotatable bonds is 2. The standard InChI is InChI=1S/C25H31N2P/c1-16-25(28)21(18-11-6-3-7-12-18)22-20(17-9-4-2-5-10-17)15-19-13-8-14-26-23(19)24(22)27-16/h8,13-15,17-18H,2-7,9-12,28H2,1H3. The number of fused-ring (bicyclic) bond motifs is 3. The summed E-state index contributed by atoms with van der Waals surface area (Å²) in [7, 11) is 3.06. The first-order valence-corrected chi connectivity index (χ1v) is 11.8. The van der Waals surface area contributed by atoms with E-state index in [4.69, 9.17) is 9.97 Å². The van der Waals surface area contributed by atoms with E-state index in [1.807, 2.05) is 6.20 Å². The molecule has 1 atom stereocenters. The second-order valence-corrected chi connectivity index (χ2v) is 9.54. The van der Waals surface area contributed by atoms with Crippen LogP contribution in [0.25, 0.3) is 21.8 Å². The van der Waals surface area contributed by atoms with Gasteiger partial charge in [-0.2, -0.15) is 0 Å². The summed E-state index contributed by atoms with van der Waals surface area (Å²) in [5.41, 5.74) is 6.54. The number of aryl methyl sites for hydroxylation is 1. The van der Waals surface area contributed by atoms with Crippen LogP contribution in [0.15, 0.2) is 24.4 Å². The van der Waals surface area contributed by atoms with Crippen LogP contribution in [-0.4, -0.2) is 9.97 Å². The van der Waals surface area contributed by atoms with E-state index in [2.05, 4.69) is 34.4 Å². The SMILES string of the molecule is Cc1nc2c(c(C3CCCCC3)cc3cccnc32)c(C2CCCCC2)c1P. The van der Waals surface area contributed by atoms with E-state index in [0.29, 0.717) is 11.8 Å². The molecule has 146 valence electrons. The normalized spacial score (nSPS) is 19.5. The van der Waals surface area contributed by atoms with Gasteiger partial charge in [-0.05, 0) is 73.0 Å². The first-order chi connectivity index (χ1) is 13.7. The maximum absolute atomic E-state index is 5.13. The van der Waals surface area contributed by atoms with Crippen molar-refractivity contribution in [3.8, 4) is 0 Å². The zero-order valence-corrected chi connectivity index (χ0v) is 18.2. The molecule has 2 fully saturated rings. The quantitative estimate of drug-likeness (QED) is 0.360. The Bertz CT molecular complexity index is 1010. The van der Waals surface area contributed by atoms with Gasteiger partial charge in [0.2, 0.25) is 0 Å². The summed E-state index contributed by atoms with van der Waals surface area (Å²) >= 11 is 0. The average Bonchev–Trinajstić information content (AvgIpc) is 2.75. The van der Waals surface area contributed by atoms with E-state index in [1.165, 1.54) is 80.3 Å². The molecule has 0 saturated heterocycles. The second kappa shape index (κ2) is 7.71. The Labute approximate surface area is 170 Å². The van der Waals surface area contributed by atoms with Gasteiger partial charge in [0.1, 0.15) is 0 Å². The van der Waals surface area contributed by atoms with Crippen molar-refractivity contribution in [2.75, 3.05) is 0 Å². The highest BCUT2D eigenvalue weighted by Gasteiger charge is 2.27. The summed E-state index contributed by atoms with van der Waals surface area (Å²) in [6, 6.07) is 6.76. The minimum Gasteiger partial charge on any atom is -0.254 e. The molecule has 0 spiro atoms. The average molecular weight is 391 g/mol. The Hall–Kier alpha value is -1.53. The zero-order chi connectivity index (χ0) is 19.1. The summed E-state index contributed by atoms with van der Waals surface area (Å²) in [5, 5.41) is 4.07. The Kier molecular flexibility index (Phi) is 5.09. The lowest BCUT2D eigenvalue weighted by molar-refractivity contribution is 0.440. The van der Waals surface area contributed by atoms with Crippen molar-refractivity contribution in [1.82, 2.24) is 9.97 Å². The predicted octanol–water partition coefficient (Wildman–Crippen LogP) is 6.69. The third kappa shape index (κ3) is 3.14. The van der Waals surface area contributed by atoms with Crippen LogP contribution in [-0.2, 0) is 0 Å². The zero-order valence-electron chi connectivity index (χ0n) is 17.0. The molecule has 2 nitrogen and oxygen atoms in total. The summed E-state index contributed by atoms with van der Waals surface area (Å²) < 4.78 is 0. The molecule has 3 heteroatoms. The molecule has 1 unspecified atom stereocenters. The second-order valence-electron chi connectivity index (χ2n) is 8.96. The molecular weight excluding hydrogens is 359 g/mol. The van der Waals surface area contributed by atoms with Gasteiger partial charge in [-0.15, -0.1) is 9.24 Å². The highest BCUT2D eigenvalue weighted by atomic mass is 31.0. The third-order valence-electron chi connectivity index (χ3n) is 7.19. The highest BCUT2D eigenvalue weighted by Crippen LogP contribution is 2.43. The molecule has 2 aliphatic carbocycles. The van der Waals surface area contributed by atoms with Crippen molar-refractivity contribution in [3.05, 3.63) is 41.2 Å². The van der Waals surface area contributed by atoms with Crippen LogP contribution in [0.2, 0.25) is 0 Å². The number of nitrogens with zero attached hydrogens (tertiary/aromatic N) is 2. The van der Waals surface area contributed by atoms with Gasteiger partial charge in [0.15, 0.2) is 0 Å². The number of pyridine rings is 2. The maximum atomic E-state index is 5.13. The molecule has 2 saturated carbocycles. The van der Waals surface area contributed by atoms with Gasteiger partial charge in [0.25, 0.3) is 0 Å². The van der Waals surface area contributed by atoms with E-state index < -0.39 is 0 Å². The lowest BCUT2D eigenvalue weighted by Gasteiger charge is -2.30. The van der Waals surface area contributed by atoms with Crippen molar-refractivity contribution in [1.29, 1.82) is 0 Å². The third-order valence-corrected chi connectivity index (χ3v) is 7.92. The van der Waals surface area contributed by atoms with Gasteiger partial charge < -0.3 is 0 Å². The van der Waals surface area contributed by atoms with Gasteiger partial charge in [-0.1, -0.05) is 44.6 Å². The number of hydrogen-bond donors (Lipinski definition) is 0. The van der Waals surface area contributed by atoms with Gasteiger partial charge in [0, 0.05) is 22.7 Å². The molecule has 5 rings (SSSR count). The lowest BCUT2D eigenvalue weighted by Crippen LogP contribution is -2.18. The van der Waals surface area contributed by atoms with Crippen LogP contribution >= 0.6 is 9.24 Å². The maximum Gasteiger partial charge on any atom is 0.0973 e. The molecule has 0 amide bonds. The fourth-order valence-corrected chi connectivity index (χ4v) is 6.17. The van der Waals surface area contributed by atoms with Crippen LogP contribution in [0, 0.1) is 6.92 Å². The Morgan fingerprint density at radius 1 is 0.893 bits per heavy atom. The Morgan fingerprint density at radius 2 is 1.57 bits per heavy atom. The molecule has 0 N–H and O–H groups in total. The Morgan fingerprint density at radius 3 is 2.29 bits per heavy atom. The summed E-state index contributed by atoms with van der Waals surface area (Å²) in [5.74, 6) is 1.35. The van der Waals surface area contributed by atoms with Gasteiger partial charge in [0.05, 0.1) is 11.0 Å². The highest BCUT2D eigenvalue weighted by molar-refractivity contribution is 7.27.